The molecule has 2 aromatic carbocycles. The van der Waals surface area contributed by atoms with E-state index in [4.69, 9.17) is 9.47 Å². The summed E-state index contributed by atoms with van der Waals surface area (Å²) < 4.78 is 10.8. The highest BCUT2D eigenvalue weighted by molar-refractivity contribution is 5.59. The Morgan fingerprint density at radius 3 is 2.22 bits per heavy atom. The number of ether oxygens (including phenoxy) is 2. The van der Waals surface area contributed by atoms with Gasteiger partial charge >= 0.3 is 0 Å². The number of aromatic nitrogens is 2. The molecule has 0 aliphatic carbocycles. The number of nitrogens with one attached hydrogen (secondary N) is 2. The van der Waals surface area contributed by atoms with Gasteiger partial charge in [0.15, 0.2) is 0 Å². The molecule has 140 valence electrons. The van der Waals surface area contributed by atoms with Crippen LogP contribution in [0.3, 0.4) is 0 Å². The summed E-state index contributed by atoms with van der Waals surface area (Å²) in [7, 11) is 1.66. The summed E-state index contributed by atoms with van der Waals surface area (Å²) in [5.74, 6) is 3.17. The van der Waals surface area contributed by atoms with Crippen molar-refractivity contribution < 1.29 is 9.47 Å². The Kier molecular flexibility index (Phi) is 6.10. The van der Waals surface area contributed by atoms with Gasteiger partial charge in [-0.25, -0.2) is 9.97 Å². The smallest absolute Gasteiger partial charge is 0.135 e. The quantitative estimate of drug-likeness (QED) is 0.607. The molecule has 3 rings (SSSR count). The van der Waals surface area contributed by atoms with Crippen LogP contribution in [-0.2, 0) is 6.54 Å². The zero-order chi connectivity index (χ0) is 19.1. The highest BCUT2D eigenvalue weighted by atomic mass is 16.5. The Morgan fingerprint density at radius 1 is 0.889 bits per heavy atom. The summed E-state index contributed by atoms with van der Waals surface area (Å²) >= 11 is 0. The van der Waals surface area contributed by atoms with Crippen LogP contribution < -0.4 is 20.1 Å². The summed E-state index contributed by atoms with van der Waals surface area (Å²) in [6, 6.07) is 17.6. The van der Waals surface area contributed by atoms with E-state index >= 15 is 0 Å². The Balaban J connectivity index is 1.59. The van der Waals surface area contributed by atoms with Gasteiger partial charge in [-0.15, -0.1) is 0 Å². The highest BCUT2D eigenvalue weighted by Crippen LogP contribution is 2.21. The number of nitrogens with zero attached hydrogens (tertiary/aromatic N) is 2. The zero-order valence-electron chi connectivity index (χ0n) is 15.8. The van der Waals surface area contributed by atoms with Gasteiger partial charge in [-0.2, -0.15) is 0 Å². The van der Waals surface area contributed by atoms with Crippen LogP contribution in [0, 0.1) is 0 Å². The van der Waals surface area contributed by atoms with E-state index in [1.807, 2.05) is 68.4 Å². The monoisotopic (exact) mass is 364 g/mol. The molecule has 6 nitrogen and oxygen atoms in total. The first-order valence-corrected chi connectivity index (χ1v) is 8.85. The molecule has 0 amide bonds. The van der Waals surface area contributed by atoms with Gasteiger partial charge in [0.05, 0.1) is 13.2 Å². The first kappa shape index (κ1) is 18.5. The van der Waals surface area contributed by atoms with E-state index < -0.39 is 0 Å². The van der Waals surface area contributed by atoms with Gasteiger partial charge in [-0.1, -0.05) is 12.1 Å². The third-order valence-corrected chi connectivity index (χ3v) is 3.80. The first-order chi connectivity index (χ1) is 13.1. The maximum Gasteiger partial charge on any atom is 0.135 e. The molecule has 0 atom stereocenters. The average molecular weight is 364 g/mol. The molecule has 0 aliphatic heterocycles. The number of benzene rings is 2. The number of hydrogen-bond acceptors (Lipinski definition) is 6. The fraction of sp³-hybridized carbons (Fsp3) is 0.238. The summed E-state index contributed by atoms with van der Waals surface area (Å²) in [6.07, 6.45) is 1.69. The second-order valence-electron chi connectivity index (χ2n) is 6.31. The maximum absolute atomic E-state index is 5.66. The van der Waals surface area contributed by atoms with Crippen LogP contribution >= 0.6 is 0 Å². The van der Waals surface area contributed by atoms with E-state index in [0.717, 1.165) is 34.4 Å². The van der Waals surface area contributed by atoms with Gasteiger partial charge in [0.25, 0.3) is 0 Å². The molecule has 0 aliphatic rings. The second kappa shape index (κ2) is 8.89. The third-order valence-electron chi connectivity index (χ3n) is 3.80. The molecule has 0 bridgehead atoms. The Labute approximate surface area is 159 Å². The lowest BCUT2D eigenvalue weighted by molar-refractivity contribution is 0.242. The van der Waals surface area contributed by atoms with Crippen molar-refractivity contribution in [3.8, 4) is 11.5 Å². The minimum atomic E-state index is 0.157. The molecule has 0 radical (unpaired) electrons. The summed E-state index contributed by atoms with van der Waals surface area (Å²) in [5, 5.41) is 6.58. The number of rotatable bonds is 8. The fourth-order valence-electron chi connectivity index (χ4n) is 2.50. The molecule has 1 heterocycles. The van der Waals surface area contributed by atoms with Crippen molar-refractivity contribution in [3.63, 3.8) is 0 Å². The minimum Gasteiger partial charge on any atom is -0.497 e. The number of hydrogen-bond donors (Lipinski definition) is 2. The van der Waals surface area contributed by atoms with Crippen LogP contribution in [0.15, 0.2) is 60.9 Å². The lowest BCUT2D eigenvalue weighted by Crippen LogP contribution is -2.05. The van der Waals surface area contributed by atoms with E-state index in [2.05, 4.69) is 20.6 Å². The summed E-state index contributed by atoms with van der Waals surface area (Å²) in [5.41, 5.74) is 2.08. The SMILES string of the molecule is COc1ccc(CNc2cc(Nc3ccc(OC(C)C)cc3)ncn2)cc1. The molecule has 0 saturated heterocycles. The average Bonchev–Trinajstić information content (AvgIpc) is 2.68. The molecule has 3 aromatic rings. The summed E-state index contributed by atoms with van der Waals surface area (Å²) in [6.45, 7) is 4.68. The molecule has 0 saturated carbocycles. The van der Waals surface area contributed by atoms with Gasteiger partial charge in [-0.3, -0.25) is 0 Å². The van der Waals surface area contributed by atoms with Gasteiger partial charge in [0, 0.05) is 18.3 Å². The Hall–Kier alpha value is -3.28. The van der Waals surface area contributed by atoms with E-state index in [9.17, 15) is 0 Å². The normalized spacial score (nSPS) is 10.5. The molecular weight excluding hydrogens is 340 g/mol. The molecule has 2 N–H and O–H groups in total. The van der Waals surface area contributed by atoms with Crippen LogP contribution in [0.5, 0.6) is 11.5 Å². The standard InChI is InChI=1S/C21H24N4O2/c1-15(2)27-19-10-6-17(7-11-19)25-21-12-20(23-14-24-21)22-13-16-4-8-18(26-3)9-5-16/h4-12,14-15H,13H2,1-3H3,(H2,22,23,24,25). The highest BCUT2D eigenvalue weighted by Gasteiger charge is 2.02. The Bertz CT molecular complexity index is 849. The predicted molar refractivity (Wildman–Crippen MR) is 108 cm³/mol. The number of anilines is 3. The molecule has 0 unspecified atom stereocenters. The van der Waals surface area contributed by atoms with Gasteiger partial charge in [0.2, 0.25) is 0 Å². The van der Waals surface area contributed by atoms with Crippen molar-refractivity contribution in [3.05, 3.63) is 66.5 Å². The Morgan fingerprint density at radius 2 is 1.56 bits per heavy atom. The van der Waals surface area contributed by atoms with Crippen molar-refractivity contribution in [2.75, 3.05) is 17.7 Å². The molecule has 0 fully saturated rings. The number of methoxy groups -OCH3 is 1. The van der Waals surface area contributed by atoms with Crippen molar-refractivity contribution >= 4 is 17.3 Å². The summed E-state index contributed by atoms with van der Waals surface area (Å²) in [4.78, 5) is 8.54. The molecule has 6 heteroatoms. The van der Waals surface area contributed by atoms with Crippen LogP contribution in [0.2, 0.25) is 0 Å². The molecular formula is C21H24N4O2. The fourth-order valence-corrected chi connectivity index (χ4v) is 2.50. The van der Waals surface area contributed by atoms with Gasteiger partial charge < -0.3 is 20.1 Å². The van der Waals surface area contributed by atoms with Crippen molar-refractivity contribution in [2.45, 2.75) is 26.5 Å². The van der Waals surface area contributed by atoms with Gasteiger partial charge in [-0.05, 0) is 55.8 Å². The lowest BCUT2D eigenvalue weighted by Gasteiger charge is -2.11. The maximum atomic E-state index is 5.66. The zero-order valence-corrected chi connectivity index (χ0v) is 15.8. The van der Waals surface area contributed by atoms with Crippen LogP contribution in [0.1, 0.15) is 19.4 Å². The lowest BCUT2D eigenvalue weighted by atomic mass is 10.2. The first-order valence-electron chi connectivity index (χ1n) is 8.85. The van der Waals surface area contributed by atoms with E-state index in [-0.39, 0.29) is 6.10 Å². The van der Waals surface area contributed by atoms with Crippen LogP contribution in [0.25, 0.3) is 0 Å². The molecule has 1 aromatic heterocycles. The van der Waals surface area contributed by atoms with Crippen molar-refractivity contribution in [2.24, 2.45) is 0 Å². The largest absolute Gasteiger partial charge is 0.497 e. The minimum absolute atomic E-state index is 0.157. The van der Waals surface area contributed by atoms with Crippen molar-refractivity contribution in [1.29, 1.82) is 0 Å². The van der Waals surface area contributed by atoms with E-state index in [1.165, 1.54) is 6.33 Å². The topological polar surface area (TPSA) is 68.3 Å². The van der Waals surface area contributed by atoms with E-state index in [0.29, 0.717) is 6.54 Å². The van der Waals surface area contributed by atoms with Crippen LogP contribution in [-0.4, -0.2) is 23.2 Å². The van der Waals surface area contributed by atoms with Crippen molar-refractivity contribution in [1.82, 2.24) is 9.97 Å². The molecule has 0 spiro atoms. The molecule has 27 heavy (non-hydrogen) atoms. The van der Waals surface area contributed by atoms with E-state index in [1.54, 1.807) is 7.11 Å². The van der Waals surface area contributed by atoms with Crippen LogP contribution in [0.4, 0.5) is 17.3 Å². The van der Waals surface area contributed by atoms with Gasteiger partial charge in [0.1, 0.15) is 29.5 Å². The second-order valence-corrected chi connectivity index (χ2v) is 6.31. The predicted octanol–water partition coefficient (Wildman–Crippen LogP) is 4.63. The third kappa shape index (κ3) is 5.60.